The summed E-state index contributed by atoms with van der Waals surface area (Å²) in [5, 5.41) is 6.68. The van der Waals surface area contributed by atoms with Gasteiger partial charge in [0, 0.05) is 18.0 Å². The Kier molecular flexibility index (Phi) is 9.66. The average molecular weight is 472 g/mol. The van der Waals surface area contributed by atoms with Gasteiger partial charge in [0.2, 0.25) is 5.91 Å². The van der Waals surface area contributed by atoms with E-state index in [9.17, 15) is 27.6 Å². The molecule has 1 aromatic carbocycles. The highest BCUT2D eigenvalue weighted by molar-refractivity contribution is 7.09. The number of alkyl halides is 3. The number of halogens is 3. The number of hydrogen-bond acceptors (Lipinski definition) is 6. The van der Waals surface area contributed by atoms with Crippen molar-refractivity contribution < 1.29 is 32.3 Å². The molecule has 0 aliphatic rings. The number of amides is 3. The minimum Gasteiger partial charge on any atom is -0.465 e. The van der Waals surface area contributed by atoms with E-state index in [4.69, 9.17) is 4.74 Å². The number of esters is 1. The summed E-state index contributed by atoms with van der Waals surface area (Å²) in [5.74, 6) is -1.25. The number of urea groups is 1. The van der Waals surface area contributed by atoms with Crippen LogP contribution in [0.15, 0.2) is 41.8 Å². The van der Waals surface area contributed by atoms with Gasteiger partial charge in [-0.2, -0.15) is 13.2 Å². The summed E-state index contributed by atoms with van der Waals surface area (Å²) >= 11 is 1.56. The molecule has 0 saturated carbocycles. The van der Waals surface area contributed by atoms with Gasteiger partial charge in [-0.1, -0.05) is 18.2 Å². The predicted molar refractivity (Wildman–Crippen MR) is 113 cm³/mol. The van der Waals surface area contributed by atoms with Gasteiger partial charge in [0.05, 0.1) is 25.3 Å². The lowest BCUT2D eigenvalue weighted by Crippen LogP contribution is -2.45. The Morgan fingerprint density at radius 1 is 1.09 bits per heavy atom. The van der Waals surface area contributed by atoms with Crippen LogP contribution in [0.4, 0.5) is 18.0 Å². The summed E-state index contributed by atoms with van der Waals surface area (Å²) in [6.07, 6.45) is -3.83. The molecule has 1 heterocycles. The molecule has 0 bridgehead atoms. The van der Waals surface area contributed by atoms with Crippen LogP contribution in [0.3, 0.4) is 0 Å². The lowest BCUT2D eigenvalue weighted by Gasteiger charge is -2.21. The van der Waals surface area contributed by atoms with Crippen molar-refractivity contribution in [1.82, 2.24) is 15.5 Å². The molecule has 0 saturated heterocycles. The fourth-order valence-corrected chi connectivity index (χ4v) is 3.49. The first kappa shape index (κ1) is 25.3. The van der Waals surface area contributed by atoms with E-state index >= 15 is 0 Å². The summed E-state index contributed by atoms with van der Waals surface area (Å²) < 4.78 is 43.1. The number of ether oxygens (including phenoxy) is 1. The Hall–Kier alpha value is -2.92. The van der Waals surface area contributed by atoms with Crippen LogP contribution in [0, 0.1) is 0 Å². The molecule has 0 atom stereocenters. The maximum Gasteiger partial charge on any atom is 0.416 e. The van der Waals surface area contributed by atoms with Gasteiger partial charge >= 0.3 is 18.2 Å². The summed E-state index contributed by atoms with van der Waals surface area (Å²) in [6, 6.07) is 7.57. The lowest BCUT2D eigenvalue weighted by atomic mass is 10.1. The molecule has 2 rings (SSSR count). The lowest BCUT2D eigenvalue weighted by molar-refractivity contribution is -0.144. The molecule has 7 nitrogen and oxygen atoms in total. The topological polar surface area (TPSA) is 87.7 Å². The zero-order valence-corrected chi connectivity index (χ0v) is 18.2. The Bertz CT molecular complexity index is 887. The van der Waals surface area contributed by atoms with E-state index in [-0.39, 0.29) is 26.2 Å². The molecule has 0 radical (unpaired) electrons. The summed E-state index contributed by atoms with van der Waals surface area (Å²) in [7, 11) is 0. The maximum atomic E-state index is 12.7. The van der Waals surface area contributed by atoms with Crippen LogP contribution < -0.4 is 10.6 Å². The Labute approximate surface area is 187 Å². The van der Waals surface area contributed by atoms with Crippen LogP contribution in [0.5, 0.6) is 0 Å². The first-order valence-electron chi connectivity index (χ1n) is 9.81. The van der Waals surface area contributed by atoms with Crippen molar-refractivity contribution in [3.63, 3.8) is 0 Å². The standard InChI is InChI=1S/C21H24F3N3O4S/c1-2-31-19(29)14-27(12-15-5-7-16(8-6-15)21(22,23)24)13-18(28)26-20(30)25-10-9-17-4-3-11-32-17/h3-8,11H,2,9-10,12-14H2,1H3,(H2,25,26,28,30). The van der Waals surface area contributed by atoms with Crippen molar-refractivity contribution in [1.29, 1.82) is 0 Å². The minimum atomic E-state index is -4.46. The van der Waals surface area contributed by atoms with Crippen molar-refractivity contribution in [2.24, 2.45) is 0 Å². The zero-order valence-electron chi connectivity index (χ0n) is 17.4. The van der Waals surface area contributed by atoms with Gasteiger partial charge in [-0.15, -0.1) is 11.3 Å². The van der Waals surface area contributed by atoms with Gasteiger partial charge in [-0.25, -0.2) is 4.79 Å². The molecule has 32 heavy (non-hydrogen) atoms. The highest BCUT2D eigenvalue weighted by atomic mass is 32.1. The molecule has 1 aromatic heterocycles. The van der Waals surface area contributed by atoms with Crippen LogP contribution >= 0.6 is 11.3 Å². The maximum absolute atomic E-state index is 12.7. The third kappa shape index (κ3) is 9.06. The van der Waals surface area contributed by atoms with Crippen molar-refractivity contribution in [2.45, 2.75) is 26.1 Å². The fraction of sp³-hybridized carbons (Fsp3) is 0.381. The average Bonchev–Trinajstić information content (AvgIpc) is 3.21. The molecule has 0 unspecified atom stereocenters. The number of nitrogens with zero attached hydrogens (tertiary/aromatic N) is 1. The number of imide groups is 1. The second kappa shape index (κ2) is 12.2. The van der Waals surface area contributed by atoms with Gasteiger partial charge in [-0.05, 0) is 42.5 Å². The number of carbonyl (C=O) groups excluding carboxylic acids is 3. The molecule has 0 aliphatic carbocycles. The van der Waals surface area contributed by atoms with E-state index in [1.165, 1.54) is 17.0 Å². The molecule has 0 spiro atoms. The number of rotatable bonds is 10. The molecular weight excluding hydrogens is 447 g/mol. The van der Waals surface area contributed by atoms with Crippen LogP contribution in [0.2, 0.25) is 0 Å². The minimum absolute atomic E-state index is 0.0182. The number of benzene rings is 1. The molecule has 0 fully saturated rings. The third-order valence-electron chi connectivity index (χ3n) is 4.20. The van der Waals surface area contributed by atoms with Gasteiger partial charge < -0.3 is 10.1 Å². The highest BCUT2D eigenvalue weighted by Gasteiger charge is 2.30. The van der Waals surface area contributed by atoms with E-state index in [0.29, 0.717) is 18.5 Å². The largest absolute Gasteiger partial charge is 0.465 e. The number of nitrogens with one attached hydrogen (secondary N) is 2. The smallest absolute Gasteiger partial charge is 0.416 e. The Morgan fingerprint density at radius 2 is 1.81 bits per heavy atom. The molecule has 0 aliphatic heterocycles. The van der Waals surface area contributed by atoms with Crippen LogP contribution in [0.25, 0.3) is 0 Å². The van der Waals surface area contributed by atoms with E-state index in [2.05, 4.69) is 10.6 Å². The first-order valence-corrected chi connectivity index (χ1v) is 10.7. The SMILES string of the molecule is CCOC(=O)CN(CC(=O)NC(=O)NCCc1cccs1)Cc1ccc(C(F)(F)F)cc1. The number of hydrogen-bond donors (Lipinski definition) is 2. The zero-order chi connectivity index (χ0) is 23.6. The Morgan fingerprint density at radius 3 is 2.41 bits per heavy atom. The van der Waals surface area contributed by atoms with Crippen molar-refractivity contribution in [2.75, 3.05) is 26.2 Å². The third-order valence-corrected chi connectivity index (χ3v) is 5.14. The number of thiophene rings is 1. The van der Waals surface area contributed by atoms with Crippen LogP contribution in [0.1, 0.15) is 22.9 Å². The molecule has 2 N–H and O–H groups in total. The summed E-state index contributed by atoms with van der Waals surface area (Å²) in [5.41, 5.74) is -0.328. The van der Waals surface area contributed by atoms with Gasteiger partial charge in [0.1, 0.15) is 0 Å². The van der Waals surface area contributed by atoms with E-state index in [1.54, 1.807) is 18.3 Å². The molecule has 2 aromatic rings. The molecule has 11 heteroatoms. The van der Waals surface area contributed by atoms with Crippen molar-refractivity contribution in [3.8, 4) is 0 Å². The van der Waals surface area contributed by atoms with E-state index in [1.807, 2.05) is 17.5 Å². The number of carbonyl (C=O) groups is 3. The van der Waals surface area contributed by atoms with Crippen LogP contribution in [-0.2, 0) is 33.5 Å². The highest BCUT2D eigenvalue weighted by Crippen LogP contribution is 2.29. The van der Waals surface area contributed by atoms with Crippen LogP contribution in [-0.4, -0.2) is 49.0 Å². The van der Waals surface area contributed by atoms with Gasteiger partial charge in [-0.3, -0.25) is 19.8 Å². The quantitative estimate of drug-likeness (QED) is 0.520. The second-order valence-corrected chi connectivity index (χ2v) is 7.81. The van der Waals surface area contributed by atoms with Crippen molar-refractivity contribution >= 4 is 29.2 Å². The van der Waals surface area contributed by atoms with Gasteiger partial charge in [0.25, 0.3) is 0 Å². The summed E-state index contributed by atoms with van der Waals surface area (Å²) in [6.45, 7) is 1.56. The van der Waals surface area contributed by atoms with Gasteiger partial charge in [0.15, 0.2) is 0 Å². The normalized spacial score (nSPS) is 11.3. The monoisotopic (exact) mass is 471 g/mol. The first-order chi connectivity index (χ1) is 15.2. The Balaban J connectivity index is 1.91. The molecule has 174 valence electrons. The van der Waals surface area contributed by atoms with E-state index < -0.39 is 29.6 Å². The molecule has 3 amide bonds. The van der Waals surface area contributed by atoms with E-state index in [0.717, 1.165) is 17.0 Å². The molecular formula is C21H24F3N3O4S. The summed E-state index contributed by atoms with van der Waals surface area (Å²) in [4.78, 5) is 38.5. The fourth-order valence-electron chi connectivity index (χ4n) is 2.78. The van der Waals surface area contributed by atoms with Crippen molar-refractivity contribution in [3.05, 3.63) is 57.8 Å². The predicted octanol–water partition coefficient (Wildman–Crippen LogP) is 3.20. The second-order valence-electron chi connectivity index (χ2n) is 6.78.